The molecule has 0 radical (unpaired) electrons. The second-order valence-electron chi connectivity index (χ2n) is 6.07. The van der Waals surface area contributed by atoms with E-state index in [-0.39, 0.29) is 10.5 Å². The van der Waals surface area contributed by atoms with Crippen LogP contribution in [-0.2, 0) is 15.4 Å². The van der Waals surface area contributed by atoms with Crippen molar-refractivity contribution in [2.75, 3.05) is 0 Å². The highest BCUT2D eigenvalue weighted by Crippen LogP contribution is 2.45. The van der Waals surface area contributed by atoms with Crippen molar-refractivity contribution in [2.45, 2.75) is 55.1 Å². The third kappa shape index (κ3) is 2.11. The molecule has 2 fully saturated rings. The van der Waals surface area contributed by atoms with Crippen molar-refractivity contribution >= 4 is 9.84 Å². The summed E-state index contributed by atoms with van der Waals surface area (Å²) in [6.45, 7) is 2.01. The molecule has 19 heavy (non-hydrogen) atoms. The van der Waals surface area contributed by atoms with Gasteiger partial charge in [0.2, 0.25) is 0 Å². The first-order valence-electron chi connectivity index (χ1n) is 6.94. The maximum absolute atomic E-state index is 12.3. The molecule has 2 bridgehead atoms. The van der Waals surface area contributed by atoms with E-state index in [2.05, 4.69) is 0 Å². The number of fused-ring (bicyclic) bond motifs is 2. The van der Waals surface area contributed by atoms with Gasteiger partial charge < -0.3 is 5.11 Å². The Morgan fingerprint density at radius 2 is 1.63 bits per heavy atom. The van der Waals surface area contributed by atoms with Crippen molar-refractivity contribution in [1.82, 2.24) is 0 Å². The molecule has 4 heteroatoms. The normalized spacial score (nSPS) is 36.9. The van der Waals surface area contributed by atoms with Gasteiger partial charge >= 0.3 is 0 Å². The number of rotatable bonds is 1. The number of hydrogen-bond donors (Lipinski definition) is 1. The Bertz CT molecular complexity index is 554. The average Bonchev–Trinajstić information content (AvgIpc) is 2.32. The second-order valence-corrected chi connectivity index (χ2v) is 8.58. The van der Waals surface area contributed by atoms with E-state index in [1.807, 2.05) is 31.2 Å². The lowest BCUT2D eigenvalue weighted by Crippen LogP contribution is -2.50. The van der Waals surface area contributed by atoms with E-state index in [4.69, 9.17) is 0 Å². The first-order valence-corrected chi connectivity index (χ1v) is 8.55. The predicted octanol–water partition coefficient (Wildman–Crippen LogP) is 2.31. The molecule has 104 valence electrons. The van der Waals surface area contributed by atoms with E-state index in [1.54, 1.807) is 0 Å². The molecular formula is C15H20O3S. The maximum atomic E-state index is 12.3. The van der Waals surface area contributed by atoms with Crippen LogP contribution in [0.25, 0.3) is 0 Å². The zero-order chi connectivity index (χ0) is 13.7. The van der Waals surface area contributed by atoms with Crippen molar-refractivity contribution in [3.8, 4) is 0 Å². The van der Waals surface area contributed by atoms with Crippen LogP contribution in [0.1, 0.15) is 43.2 Å². The Morgan fingerprint density at radius 3 is 2.16 bits per heavy atom. The van der Waals surface area contributed by atoms with E-state index < -0.39 is 15.4 Å². The smallest absolute Gasteiger partial charge is 0.156 e. The molecule has 1 aromatic rings. The van der Waals surface area contributed by atoms with Crippen molar-refractivity contribution in [3.05, 3.63) is 35.4 Å². The highest BCUT2D eigenvalue weighted by molar-refractivity contribution is 7.92. The van der Waals surface area contributed by atoms with Crippen molar-refractivity contribution in [3.63, 3.8) is 0 Å². The van der Waals surface area contributed by atoms with Gasteiger partial charge in [0.25, 0.3) is 0 Å². The van der Waals surface area contributed by atoms with Crippen LogP contribution in [0, 0.1) is 6.92 Å². The van der Waals surface area contributed by atoms with Crippen LogP contribution in [0.2, 0.25) is 0 Å². The van der Waals surface area contributed by atoms with Gasteiger partial charge in [-0.05, 0) is 38.2 Å². The lowest BCUT2D eigenvalue weighted by atomic mass is 9.80. The van der Waals surface area contributed by atoms with E-state index in [1.165, 1.54) is 0 Å². The molecule has 2 saturated heterocycles. The fraction of sp³-hybridized carbons (Fsp3) is 0.600. The number of aliphatic hydroxyl groups is 1. The first kappa shape index (κ1) is 13.1. The number of benzene rings is 1. The molecule has 0 aromatic heterocycles. The van der Waals surface area contributed by atoms with Gasteiger partial charge in [0.1, 0.15) is 0 Å². The van der Waals surface area contributed by atoms with Crippen LogP contribution in [0.3, 0.4) is 0 Å². The van der Waals surface area contributed by atoms with Gasteiger partial charge in [-0.15, -0.1) is 0 Å². The summed E-state index contributed by atoms with van der Waals surface area (Å²) in [7, 11) is -3.01. The zero-order valence-electron chi connectivity index (χ0n) is 11.2. The molecule has 2 aliphatic rings. The van der Waals surface area contributed by atoms with E-state index in [0.717, 1.165) is 17.5 Å². The van der Waals surface area contributed by atoms with Crippen LogP contribution in [0.5, 0.6) is 0 Å². The average molecular weight is 280 g/mol. The molecule has 2 unspecified atom stereocenters. The number of aryl methyl sites for hydroxylation is 1. The minimum absolute atomic E-state index is 0.355. The molecule has 1 aromatic carbocycles. The summed E-state index contributed by atoms with van der Waals surface area (Å²) in [4.78, 5) is 0. The number of sulfone groups is 1. The van der Waals surface area contributed by atoms with E-state index in [0.29, 0.717) is 25.7 Å². The van der Waals surface area contributed by atoms with Crippen molar-refractivity contribution in [1.29, 1.82) is 0 Å². The Balaban J connectivity index is 1.97. The Hall–Kier alpha value is -0.870. The fourth-order valence-corrected chi connectivity index (χ4v) is 6.10. The van der Waals surface area contributed by atoms with Crippen LogP contribution in [-0.4, -0.2) is 24.0 Å². The molecule has 0 spiro atoms. The van der Waals surface area contributed by atoms with Gasteiger partial charge in [0.05, 0.1) is 16.1 Å². The highest BCUT2D eigenvalue weighted by atomic mass is 32.2. The predicted molar refractivity (Wildman–Crippen MR) is 74.7 cm³/mol. The summed E-state index contributed by atoms with van der Waals surface area (Å²) in [5.41, 5.74) is 1.05. The van der Waals surface area contributed by atoms with Crippen molar-refractivity contribution in [2.24, 2.45) is 0 Å². The molecule has 0 aliphatic carbocycles. The summed E-state index contributed by atoms with van der Waals surface area (Å²) in [5.74, 6) is 0. The quantitative estimate of drug-likeness (QED) is 0.859. The van der Waals surface area contributed by atoms with Crippen molar-refractivity contribution < 1.29 is 13.5 Å². The topological polar surface area (TPSA) is 54.4 Å². The molecule has 3 rings (SSSR count). The molecule has 2 atom stereocenters. The summed E-state index contributed by atoms with van der Waals surface area (Å²) in [6, 6.07) is 7.82. The Morgan fingerprint density at radius 1 is 1.11 bits per heavy atom. The van der Waals surface area contributed by atoms with Gasteiger partial charge in [0.15, 0.2) is 9.84 Å². The standard InChI is InChI=1S/C15H20O3S/c1-11-5-7-12(8-6-11)15(16)9-13-3-2-4-14(10-15)19(13,17)18/h5-8,13-14,16H,2-4,9-10H2,1H3. The third-order valence-corrected chi connectivity index (χ3v) is 7.36. The largest absolute Gasteiger partial charge is 0.385 e. The van der Waals surface area contributed by atoms with E-state index in [9.17, 15) is 13.5 Å². The molecule has 2 aliphatic heterocycles. The van der Waals surface area contributed by atoms with Crippen LogP contribution < -0.4 is 0 Å². The minimum atomic E-state index is -3.01. The maximum Gasteiger partial charge on any atom is 0.156 e. The van der Waals surface area contributed by atoms with Gasteiger partial charge in [0, 0.05) is 0 Å². The molecular weight excluding hydrogens is 260 g/mol. The fourth-order valence-electron chi connectivity index (χ4n) is 3.55. The summed E-state index contributed by atoms with van der Waals surface area (Å²) in [5, 5.41) is 10.2. The lowest BCUT2D eigenvalue weighted by Gasteiger charge is -2.44. The molecule has 0 saturated carbocycles. The Labute approximate surface area is 114 Å². The molecule has 3 nitrogen and oxygen atoms in total. The monoisotopic (exact) mass is 280 g/mol. The van der Waals surface area contributed by atoms with Crippen LogP contribution in [0.15, 0.2) is 24.3 Å². The zero-order valence-corrected chi connectivity index (χ0v) is 12.0. The van der Waals surface area contributed by atoms with Gasteiger partial charge in [-0.1, -0.05) is 36.2 Å². The summed E-state index contributed by atoms with van der Waals surface area (Å²) in [6.07, 6.45) is 3.09. The molecule has 0 amide bonds. The first-order chi connectivity index (χ1) is 8.92. The molecule has 1 N–H and O–H groups in total. The highest BCUT2D eigenvalue weighted by Gasteiger charge is 2.50. The molecule has 2 heterocycles. The van der Waals surface area contributed by atoms with Gasteiger partial charge in [-0.2, -0.15) is 0 Å². The van der Waals surface area contributed by atoms with E-state index >= 15 is 0 Å². The minimum Gasteiger partial charge on any atom is -0.385 e. The van der Waals surface area contributed by atoms with Gasteiger partial charge in [-0.3, -0.25) is 0 Å². The summed E-state index contributed by atoms with van der Waals surface area (Å²) >= 11 is 0. The van der Waals surface area contributed by atoms with Crippen LogP contribution >= 0.6 is 0 Å². The Kier molecular flexibility index (Phi) is 2.98. The van der Waals surface area contributed by atoms with Crippen LogP contribution in [0.4, 0.5) is 0 Å². The third-order valence-electron chi connectivity index (χ3n) is 4.70. The number of hydrogen-bond acceptors (Lipinski definition) is 3. The summed E-state index contributed by atoms with van der Waals surface area (Å²) < 4.78 is 24.5. The lowest BCUT2D eigenvalue weighted by molar-refractivity contribution is 0.00500. The second kappa shape index (κ2) is 4.32. The SMILES string of the molecule is Cc1ccc(C2(O)CC3CCCC(C2)S3(=O)=O)cc1. The van der Waals surface area contributed by atoms with Gasteiger partial charge in [-0.25, -0.2) is 8.42 Å².